The van der Waals surface area contributed by atoms with Crippen molar-refractivity contribution in [1.82, 2.24) is 10.2 Å². The lowest BCUT2D eigenvalue weighted by Crippen LogP contribution is -2.30. The first-order chi connectivity index (χ1) is 18.7. The molecule has 0 unspecified atom stereocenters. The van der Waals surface area contributed by atoms with Crippen LogP contribution in [-0.2, 0) is 20.9 Å². The average Bonchev–Trinajstić information content (AvgIpc) is 3.48. The van der Waals surface area contributed by atoms with Gasteiger partial charge in [-0.15, -0.1) is 0 Å². The predicted octanol–water partition coefficient (Wildman–Crippen LogP) is 3.85. The molecule has 200 valence electrons. The number of furan rings is 1. The second kappa shape index (κ2) is 11.6. The van der Waals surface area contributed by atoms with Gasteiger partial charge in [0, 0.05) is 11.8 Å². The number of methoxy groups -OCH3 is 1. The van der Waals surface area contributed by atoms with Crippen LogP contribution in [0.15, 0.2) is 69.2 Å². The SMILES string of the molecule is COC(=O)c1ccc(CN2C(=O)N/C(=C\c3cc(Br)c(OCC(=O)Nc4ccccc4)c([N+](=O)[O-])c3)C2=O)o1. The molecule has 4 rings (SSSR count). The second-order valence-electron chi connectivity index (χ2n) is 7.95. The van der Waals surface area contributed by atoms with Gasteiger partial charge in [0.05, 0.1) is 23.1 Å². The molecule has 14 heteroatoms. The van der Waals surface area contributed by atoms with Crippen LogP contribution < -0.4 is 15.4 Å². The lowest BCUT2D eigenvalue weighted by Gasteiger charge is -2.10. The molecular formula is C25H19BrN4O9. The summed E-state index contributed by atoms with van der Waals surface area (Å²) in [7, 11) is 1.18. The number of anilines is 1. The minimum Gasteiger partial charge on any atom is -0.476 e. The molecule has 13 nitrogen and oxygen atoms in total. The molecule has 0 atom stereocenters. The summed E-state index contributed by atoms with van der Waals surface area (Å²) in [4.78, 5) is 60.9. The highest BCUT2D eigenvalue weighted by molar-refractivity contribution is 9.10. The Labute approximate surface area is 228 Å². The summed E-state index contributed by atoms with van der Waals surface area (Å²) in [6.07, 6.45) is 1.26. The predicted molar refractivity (Wildman–Crippen MR) is 138 cm³/mol. The standard InChI is InChI=1S/C25H19BrN4O9/c1-37-24(33)20-8-7-16(39-20)12-29-23(32)18(28-25(29)34)10-14-9-17(26)22(19(11-14)30(35)36)38-13-21(31)27-15-5-3-2-4-6-15/h2-11H,12-13H2,1H3,(H,27,31)(H,28,34)/b18-10-. The van der Waals surface area contributed by atoms with Crippen LogP contribution in [0.25, 0.3) is 6.08 Å². The van der Waals surface area contributed by atoms with Crippen molar-refractivity contribution >= 4 is 57.2 Å². The fourth-order valence-corrected chi connectivity index (χ4v) is 4.11. The third-order valence-electron chi connectivity index (χ3n) is 5.28. The normalized spacial score (nSPS) is 13.8. The number of carbonyl (C=O) groups is 4. The Morgan fingerprint density at radius 2 is 1.92 bits per heavy atom. The molecule has 2 heterocycles. The van der Waals surface area contributed by atoms with Gasteiger partial charge < -0.3 is 24.5 Å². The Morgan fingerprint density at radius 3 is 2.62 bits per heavy atom. The minimum atomic E-state index is -0.750. The van der Waals surface area contributed by atoms with E-state index in [0.717, 1.165) is 11.0 Å². The lowest BCUT2D eigenvalue weighted by atomic mass is 10.1. The summed E-state index contributed by atoms with van der Waals surface area (Å²) in [5, 5.41) is 16.8. The van der Waals surface area contributed by atoms with Crippen LogP contribution in [0, 0.1) is 10.1 Å². The number of hydrogen-bond donors (Lipinski definition) is 2. The summed E-state index contributed by atoms with van der Waals surface area (Å²) in [5.74, 6) is -2.07. The van der Waals surface area contributed by atoms with E-state index < -0.39 is 41.0 Å². The van der Waals surface area contributed by atoms with Crippen molar-refractivity contribution in [2.45, 2.75) is 6.54 Å². The number of halogens is 1. The van der Waals surface area contributed by atoms with Gasteiger partial charge in [0.1, 0.15) is 11.5 Å². The van der Waals surface area contributed by atoms with Gasteiger partial charge in [-0.2, -0.15) is 0 Å². The Balaban J connectivity index is 1.49. The number of nitro groups is 1. The average molecular weight is 599 g/mol. The van der Waals surface area contributed by atoms with Gasteiger partial charge in [-0.05, 0) is 57.9 Å². The van der Waals surface area contributed by atoms with E-state index >= 15 is 0 Å². The van der Waals surface area contributed by atoms with E-state index in [4.69, 9.17) is 9.15 Å². The van der Waals surface area contributed by atoms with Gasteiger partial charge in [0.15, 0.2) is 6.61 Å². The van der Waals surface area contributed by atoms with Crippen molar-refractivity contribution in [3.8, 4) is 5.75 Å². The summed E-state index contributed by atoms with van der Waals surface area (Å²) in [5.41, 5.74) is 0.126. The van der Waals surface area contributed by atoms with Crippen LogP contribution in [0.4, 0.5) is 16.2 Å². The quantitative estimate of drug-likeness (QED) is 0.122. The molecule has 1 fully saturated rings. The number of urea groups is 1. The molecular weight excluding hydrogens is 580 g/mol. The number of amides is 4. The molecule has 3 aromatic rings. The van der Waals surface area contributed by atoms with Crippen molar-refractivity contribution in [3.63, 3.8) is 0 Å². The fraction of sp³-hybridized carbons (Fsp3) is 0.120. The smallest absolute Gasteiger partial charge is 0.373 e. The Kier molecular flexibility index (Phi) is 8.05. The van der Waals surface area contributed by atoms with Gasteiger partial charge in [-0.3, -0.25) is 24.6 Å². The highest BCUT2D eigenvalue weighted by atomic mass is 79.9. The Morgan fingerprint density at radius 1 is 1.18 bits per heavy atom. The van der Waals surface area contributed by atoms with Crippen molar-refractivity contribution in [2.24, 2.45) is 0 Å². The topological polar surface area (TPSA) is 170 Å². The summed E-state index contributed by atoms with van der Waals surface area (Å²) in [6.45, 7) is -0.761. The Hall–Kier alpha value is -4.98. The van der Waals surface area contributed by atoms with Gasteiger partial charge in [0.2, 0.25) is 11.5 Å². The summed E-state index contributed by atoms with van der Waals surface area (Å²) < 4.78 is 15.4. The van der Waals surface area contributed by atoms with Crippen molar-refractivity contribution in [1.29, 1.82) is 0 Å². The molecule has 0 saturated carbocycles. The van der Waals surface area contributed by atoms with Gasteiger partial charge >= 0.3 is 17.7 Å². The molecule has 0 bridgehead atoms. The number of hydrogen-bond acceptors (Lipinski definition) is 9. The number of para-hydroxylation sites is 1. The number of carbonyl (C=O) groups excluding carboxylic acids is 4. The number of imide groups is 1. The Bertz CT molecular complexity index is 1500. The second-order valence-corrected chi connectivity index (χ2v) is 8.80. The van der Waals surface area contributed by atoms with Crippen LogP contribution in [0.2, 0.25) is 0 Å². The number of benzene rings is 2. The molecule has 0 radical (unpaired) electrons. The number of rotatable bonds is 9. The maximum absolute atomic E-state index is 12.8. The number of nitro benzene ring substituents is 1. The minimum absolute atomic E-state index is 0.0904. The van der Waals surface area contributed by atoms with E-state index in [9.17, 15) is 29.3 Å². The monoisotopic (exact) mass is 598 g/mol. The van der Waals surface area contributed by atoms with E-state index in [2.05, 4.69) is 31.3 Å². The highest BCUT2D eigenvalue weighted by Crippen LogP contribution is 2.37. The molecule has 2 N–H and O–H groups in total. The molecule has 2 aromatic carbocycles. The van der Waals surface area contributed by atoms with Crippen molar-refractivity contribution in [2.75, 3.05) is 19.0 Å². The molecule has 1 aliphatic rings. The molecule has 1 aromatic heterocycles. The van der Waals surface area contributed by atoms with Crippen LogP contribution in [-0.4, -0.2) is 47.4 Å². The van der Waals surface area contributed by atoms with Crippen LogP contribution in [0.5, 0.6) is 5.75 Å². The maximum atomic E-state index is 12.8. The first kappa shape index (κ1) is 27.1. The van der Waals surface area contributed by atoms with E-state index in [1.807, 2.05) is 0 Å². The number of nitrogens with one attached hydrogen (secondary N) is 2. The molecule has 39 heavy (non-hydrogen) atoms. The first-order valence-corrected chi connectivity index (χ1v) is 11.9. The van der Waals surface area contributed by atoms with Gasteiger partial charge in [0.25, 0.3) is 11.8 Å². The van der Waals surface area contributed by atoms with E-state index in [1.54, 1.807) is 30.3 Å². The highest BCUT2D eigenvalue weighted by Gasteiger charge is 2.34. The maximum Gasteiger partial charge on any atom is 0.373 e. The third-order valence-corrected chi connectivity index (χ3v) is 5.87. The largest absolute Gasteiger partial charge is 0.476 e. The fourth-order valence-electron chi connectivity index (χ4n) is 3.53. The summed E-state index contributed by atoms with van der Waals surface area (Å²) in [6, 6.07) is 13.2. The zero-order chi connectivity index (χ0) is 28.1. The zero-order valence-corrected chi connectivity index (χ0v) is 21.7. The third kappa shape index (κ3) is 6.30. The van der Waals surface area contributed by atoms with Crippen LogP contribution in [0.3, 0.4) is 0 Å². The molecule has 0 aliphatic carbocycles. The van der Waals surface area contributed by atoms with Gasteiger partial charge in [-0.25, -0.2) is 9.59 Å². The van der Waals surface area contributed by atoms with Crippen molar-refractivity contribution < 1.29 is 38.0 Å². The number of esters is 1. The van der Waals surface area contributed by atoms with E-state index in [1.165, 1.54) is 31.4 Å². The molecule has 1 aliphatic heterocycles. The number of nitrogens with zero attached hydrogens (tertiary/aromatic N) is 2. The van der Waals surface area contributed by atoms with Gasteiger partial charge in [-0.1, -0.05) is 18.2 Å². The van der Waals surface area contributed by atoms with Crippen LogP contribution >= 0.6 is 15.9 Å². The molecule has 0 spiro atoms. The molecule has 4 amide bonds. The molecule has 1 saturated heterocycles. The zero-order valence-electron chi connectivity index (χ0n) is 20.1. The van der Waals surface area contributed by atoms with Crippen molar-refractivity contribution in [3.05, 3.63) is 92.0 Å². The number of ether oxygens (including phenoxy) is 2. The first-order valence-electron chi connectivity index (χ1n) is 11.1. The lowest BCUT2D eigenvalue weighted by molar-refractivity contribution is -0.385. The van der Waals surface area contributed by atoms with Crippen LogP contribution in [0.1, 0.15) is 21.9 Å². The van der Waals surface area contributed by atoms with E-state index in [-0.39, 0.29) is 39.5 Å². The summed E-state index contributed by atoms with van der Waals surface area (Å²) >= 11 is 3.21. The van der Waals surface area contributed by atoms with E-state index in [0.29, 0.717) is 5.69 Å².